The number of carbonyl (C=O) groups is 1. The molecule has 34 heavy (non-hydrogen) atoms. The van der Waals surface area contributed by atoms with Gasteiger partial charge in [0.2, 0.25) is 15.9 Å². The van der Waals surface area contributed by atoms with Gasteiger partial charge in [-0.15, -0.1) is 10.2 Å². The van der Waals surface area contributed by atoms with Crippen LogP contribution in [-0.4, -0.2) is 58.8 Å². The number of aromatic nitrogens is 3. The first-order valence-corrected chi connectivity index (χ1v) is 13.9. The summed E-state index contributed by atoms with van der Waals surface area (Å²) in [6, 6.07) is 16.5. The molecule has 2 heterocycles. The van der Waals surface area contributed by atoms with Crippen LogP contribution in [0.2, 0.25) is 0 Å². The molecule has 2 aromatic carbocycles. The SMILES string of the molecule is CCCCNC(=O)CSc1nnc(-c2cccc(S(=O)(=O)N3CCCC3)c2)n1-c1ccccc1. The van der Waals surface area contributed by atoms with Crippen molar-refractivity contribution >= 4 is 27.7 Å². The highest BCUT2D eigenvalue weighted by Crippen LogP contribution is 2.30. The van der Waals surface area contributed by atoms with Gasteiger partial charge in [0.1, 0.15) is 0 Å². The Bertz CT molecular complexity index is 1220. The second kappa shape index (κ2) is 11.2. The van der Waals surface area contributed by atoms with Crippen LogP contribution in [0.15, 0.2) is 64.6 Å². The number of nitrogens with zero attached hydrogens (tertiary/aromatic N) is 4. The number of para-hydroxylation sites is 1. The van der Waals surface area contributed by atoms with E-state index in [0.717, 1.165) is 31.4 Å². The van der Waals surface area contributed by atoms with Gasteiger partial charge in [-0.05, 0) is 43.5 Å². The Hall–Kier alpha value is -2.69. The largest absolute Gasteiger partial charge is 0.355 e. The molecule has 1 aromatic heterocycles. The smallest absolute Gasteiger partial charge is 0.243 e. The van der Waals surface area contributed by atoms with Crippen molar-refractivity contribution in [3.63, 3.8) is 0 Å². The highest BCUT2D eigenvalue weighted by Gasteiger charge is 2.28. The number of hydrogen-bond donors (Lipinski definition) is 1. The van der Waals surface area contributed by atoms with Crippen LogP contribution < -0.4 is 5.32 Å². The van der Waals surface area contributed by atoms with E-state index in [1.165, 1.54) is 16.1 Å². The predicted octanol–water partition coefficient (Wildman–Crippen LogP) is 3.73. The number of thioether (sulfide) groups is 1. The molecular formula is C24H29N5O3S2. The van der Waals surface area contributed by atoms with Crippen molar-refractivity contribution in [1.82, 2.24) is 24.4 Å². The molecule has 1 saturated heterocycles. The van der Waals surface area contributed by atoms with Gasteiger partial charge in [-0.3, -0.25) is 9.36 Å². The predicted molar refractivity (Wildman–Crippen MR) is 133 cm³/mol. The lowest BCUT2D eigenvalue weighted by Gasteiger charge is -2.16. The van der Waals surface area contributed by atoms with Crippen LogP contribution in [0.25, 0.3) is 17.1 Å². The summed E-state index contributed by atoms with van der Waals surface area (Å²) in [7, 11) is -3.55. The summed E-state index contributed by atoms with van der Waals surface area (Å²) >= 11 is 1.30. The number of carbonyl (C=O) groups excluding carboxylic acids is 1. The molecule has 1 aliphatic heterocycles. The summed E-state index contributed by atoms with van der Waals surface area (Å²) < 4.78 is 29.6. The van der Waals surface area contributed by atoms with E-state index in [1.807, 2.05) is 41.0 Å². The lowest BCUT2D eigenvalue weighted by molar-refractivity contribution is -0.118. The van der Waals surface area contributed by atoms with Gasteiger partial charge in [0, 0.05) is 30.9 Å². The minimum absolute atomic E-state index is 0.0543. The Balaban J connectivity index is 1.65. The third-order valence-corrected chi connectivity index (χ3v) is 8.45. The summed E-state index contributed by atoms with van der Waals surface area (Å²) in [4.78, 5) is 12.5. The molecule has 4 rings (SSSR count). The maximum Gasteiger partial charge on any atom is 0.243 e. The summed E-state index contributed by atoms with van der Waals surface area (Å²) in [6.45, 7) is 3.84. The van der Waals surface area contributed by atoms with Gasteiger partial charge in [-0.1, -0.05) is 55.4 Å². The number of nitrogens with one attached hydrogen (secondary N) is 1. The average Bonchev–Trinajstić information content (AvgIpc) is 3.54. The third kappa shape index (κ3) is 5.51. The molecule has 0 unspecified atom stereocenters. The van der Waals surface area contributed by atoms with E-state index in [0.29, 0.717) is 36.2 Å². The third-order valence-electron chi connectivity index (χ3n) is 5.63. The van der Waals surface area contributed by atoms with E-state index < -0.39 is 10.0 Å². The molecule has 1 amide bonds. The standard InChI is InChI=1S/C24H29N5O3S2/c1-2-3-14-25-22(30)18-33-24-27-26-23(29(24)20-11-5-4-6-12-20)19-10-9-13-21(17-19)34(31,32)28-15-7-8-16-28/h4-6,9-13,17H,2-3,7-8,14-16,18H2,1H3,(H,25,30). The van der Waals surface area contributed by atoms with Crippen LogP contribution in [0.3, 0.4) is 0 Å². The fourth-order valence-electron chi connectivity index (χ4n) is 3.82. The molecule has 0 bridgehead atoms. The van der Waals surface area contributed by atoms with E-state index in [-0.39, 0.29) is 16.6 Å². The zero-order chi connectivity index (χ0) is 24.0. The van der Waals surface area contributed by atoms with E-state index in [9.17, 15) is 13.2 Å². The zero-order valence-corrected chi connectivity index (χ0v) is 20.8. The van der Waals surface area contributed by atoms with E-state index in [4.69, 9.17) is 0 Å². The van der Waals surface area contributed by atoms with Crippen molar-refractivity contribution in [2.24, 2.45) is 0 Å². The van der Waals surface area contributed by atoms with Crippen molar-refractivity contribution in [1.29, 1.82) is 0 Å². The number of sulfonamides is 1. The molecular weight excluding hydrogens is 470 g/mol. The number of hydrogen-bond acceptors (Lipinski definition) is 6. The van der Waals surface area contributed by atoms with Gasteiger partial charge in [0.05, 0.1) is 10.6 Å². The first-order valence-electron chi connectivity index (χ1n) is 11.5. The molecule has 1 aliphatic rings. The Morgan fingerprint density at radius 2 is 1.82 bits per heavy atom. The fourth-order valence-corrected chi connectivity index (χ4v) is 6.16. The minimum atomic E-state index is -3.55. The molecule has 3 aromatic rings. The summed E-state index contributed by atoms with van der Waals surface area (Å²) in [6.07, 6.45) is 3.73. The van der Waals surface area contributed by atoms with Crippen LogP contribution in [0.5, 0.6) is 0 Å². The quantitative estimate of drug-likeness (QED) is 0.337. The lowest BCUT2D eigenvalue weighted by atomic mass is 10.2. The molecule has 10 heteroatoms. The van der Waals surface area contributed by atoms with Crippen LogP contribution in [0.1, 0.15) is 32.6 Å². The summed E-state index contributed by atoms with van der Waals surface area (Å²) in [5, 5.41) is 12.2. The van der Waals surface area contributed by atoms with Crippen LogP contribution in [0, 0.1) is 0 Å². The zero-order valence-electron chi connectivity index (χ0n) is 19.2. The maximum atomic E-state index is 13.1. The van der Waals surface area contributed by atoms with Crippen molar-refractivity contribution in [2.45, 2.75) is 42.7 Å². The van der Waals surface area contributed by atoms with Gasteiger partial charge in [0.25, 0.3) is 0 Å². The van der Waals surface area contributed by atoms with Crippen molar-refractivity contribution in [3.05, 3.63) is 54.6 Å². The minimum Gasteiger partial charge on any atom is -0.355 e. The van der Waals surface area contributed by atoms with Crippen LogP contribution in [-0.2, 0) is 14.8 Å². The average molecular weight is 500 g/mol. The Morgan fingerprint density at radius 3 is 2.56 bits per heavy atom. The summed E-state index contributed by atoms with van der Waals surface area (Å²) in [5.74, 6) is 0.692. The molecule has 1 N–H and O–H groups in total. The summed E-state index contributed by atoms with van der Waals surface area (Å²) in [5.41, 5.74) is 1.49. The molecule has 1 fully saturated rings. The Labute approximate surface area is 204 Å². The molecule has 0 radical (unpaired) electrons. The van der Waals surface area contributed by atoms with E-state index >= 15 is 0 Å². The second-order valence-electron chi connectivity index (χ2n) is 8.11. The highest BCUT2D eigenvalue weighted by atomic mass is 32.2. The number of amides is 1. The van der Waals surface area contributed by atoms with Crippen molar-refractivity contribution < 1.29 is 13.2 Å². The normalized spacial score (nSPS) is 14.4. The highest BCUT2D eigenvalue weighted by molar-refractivity contribution is 7.99. The van der Waals surface area contributed by atoms with Gasteiger partial charge >= 0.3 is 0 Å². The molecule has 0 aliphatic carbocycles. The van der Waals surface area contributed by atoms with E-state index in [1.54, 1.807) is 18.2 Å². The van der Waals surface area contributed by atoms with Crippen molar-refractivity contribution in [2.75, 3.05) is 25.4 Å². The fraction of sp³-hybridized carbons (Fsp3) is 0.375. The van der Waals surface area contributed by atoms with E-state index in [2.05, 4.69) is 22.4 Å². The Kier molecular flexibility index (Phi) is 8.02. The number of unbranched alkanes of at least 4 members (excludes halogenated alkanes) is 1. The molecule has 0 saturated carbocycles. The maximum absolute atomic E-state index is 13.1. The molecule has 0 atom stereocenters. The Morgan fingerprint density at radius 1 is 1.06 bits per heavy atom. The van der Waals surface area contributed by atoms with Gasteiger partial charge in [-0.25, -0.2) is 8.42 Å². The number of benzene rings is 2. The van der Waals surface area contributed by atoms with Crippen molar-refractivity contribution in [3.8, 4) is 17.1 Å². The monoisotopic (exact) mass is 499 g/mol. The van der Waals surface area contributed by atoms with Gasteiger partial charge in [0.15, 0.2) is 11.0 Å². The molecule has 0 spiro atoms. The number of rotatable bonds is 10. The van der Waals surface area contributed by atoms with Gasteiger partial charge < -0.3 is 5.32 Å². The van der Waals surface area contributed by atoms with Gasteiger partial charge in [-0.2, -0.15) is 4.31 Å². The lowest BCUT2D eigenvalue weighted by Crippen LogP contribution is -2.27. The van der Waals surface area contributed by atoms with Crippen LogP contribution in [0.4, 0.5) is 0 Å². The first-order chi connectivity index (χ1) is 16.5. The molecule has 8 nitrogen and oxygen atoms in total. The van der Waals surface area contributed by atoms with Crippen LogP contribution >= 0.6 is 11.8 Å². The first kappa shape index (κ1) is 24.4. The second-order valence-corrected chi connectivity index (χ2v) is 11.0. The topological polar surface area (TPSA) is 97.2 Å². The molecule has 180 valence electrons.